The molecule has 3 aromatic rings. The minimum atomic E-state index is -4.09. The van der Waals surface area contributed by atoms with E-state index >= 15 is 0 Å². The van der Waals surface area contributed by atoms with Crippen LogP contribution in [0.15, 0.2) is 56.9 Å². The van der Waals surface area contributed by atoms with E-state index in [0.29, 0.717) is 30.8 Å². The van der Waals surface area contributed by atoms with E-state index in [4.69, 9.17) is 25.9 Å². The van der Waals surface area contributed by atoms with Crippen LogP contribution in [0.4, 0.5) is 5.88 Å². The molecular formula is C32H39ClN4O5S. The molecule has 0 unspecified atom stereocenters. The third-order valence-electron chi connectivity index (χ3n) is 8.18. The number of carbonyl (C=O) groups is 1. The maximum Gasteiger partial charge on any atom is 0.264 e. The van der Waals surface area contributed by atoms with E-state index in [0.717, 1.165) is 67.5 Å². The van der Waals surface area contributed by atoms with Crippen molar-refractivity contribution in [1.29, 1.82) is 0 Å². The molecule has 0 saturated heterocycles. The molecule has 0 radical (unpaired) electrons. The summed E-state index contributed by atoms with van der Waals surface area (Å²) in [5, 5.41) is 4.00. The quantitative estimate of drug-likeness (QED) is 0.216. The van der Waals surface area contributed by atoms with Crippen LogP contribution in [0.5, 0.6) is 0 Å². The molecule has 1 aromatic heterocycles. The van der Waals surface area contributed by atoms with E-state index in [1.807, 2.05) is 36.9 Å². The molecule has 2 aliphatic rings. The molecule has 1 saturated carbocycles. The SMILES string of the molecule is CCCCC1=NC2(CCCC2)C(=O)N1Cc1ccc(-c2ccccc2S(=O)(=O)Nc2onc(CC)c2Cl)c(COCC)c1. The van der Waals surface area contributed by atoms with Crippen LogP contribution in [0.1, 0.15) is 82.5 Å². The number of amidine groups is 1. The predicted molar refractivity (Wildman–Crippen MR) is 168 cm³/mol. The topological polar surface area (TPSA) is 114 Å². The van der Waals surface area contributed by atoms with Gasteiger partial charge in [0.2, 0.25) is 0 Å². The van der Waals surface area contributed by atoms with Crippen LogP contribution >= 0.6 is 11.6 Å². The van der Waals surface area contributed by atoms with E-state index in [2.05, 4.69) is 16.8 Å². The highest BCUT2D eigenvalue weighted by atomic mass is 35.5. The molecule has 1 aliphatic carbocycles. The molecule has 11 heteroatoms. The Bertz CT molecular complexity index is 1610. The molecule has 5 rings (SSSR count). The van der Waals surface area contributed by atoms with E-state index in [1.165, 1.54) is 0 Å². The van der Waals surface area contributed by atoms with Crippen molar-refractivity contribution in [2.24, 2.45) is 4.99 Å². The largest absolute Gasteiger partial charge is 0.377 e. The molecule has 1 N–H and O–H groups in total. The molecule has 0 bridgehead atoms. The third kappa shape index (κ3) is 6.37. The Morgan fingerprint density at radius 1 is 1.09 bits per heavy atom. The van der Waals surface area contributed by atoms with Gasteiger partial charge in [-0.3, -0.25) is 14.7 Å². The maximum absolute atomic E-state index is 13.7. The fourth-order valence-electron chi connectivity index (χ4n) is 5.92. The second kappa shape index (κ2) is 13.2. The summed E-state index contributed by atoms with van der Waals surface area (Å²) in [7, 11) is -4.09. The number of nitrogens with zero attached hydrogens (tertiary/aromatic N) is 3. The summed E-state index contributed by atoms with van der Waals surface area (Å²) in [6.45, 7) is 7.10. The number of aliphatic imine (C=N–C) groups is 1. The number of benzene rings is 2. The van der Waals surface area contributed by atoms with Crippen molar-refractivity contribution >= 4 is 39.3 Å². The summed E-state index contributed by atoms with van der Waals surface area (Å²) in [6.07, 6.45) is 6.96. The van der Waals surface area contributed by atoms with Crippen molar-refractivity contribution in [2.75, 3.05) is 11.3 Å². The number of aryl methyl sites for hydroxylation is 1. The van der Waals surface area contributed by atoms with Crippen molar-refractivity contribution in [1.82, 2.24) is 10.1 Å². The van der Waals surface area contributed by atoms with Gasteiger partial charge in [-0.2, -0.15) is 0 Å². The number of unbranched alkanes of at least 4 members (excludes halogenated alkanes) is 1. The average molecular weight is 627 g/mol. The summed E-state index contributed by atoms with van der Waals surface area (Å²) >= 11 is 6.30. The summed E-state index contributed by atoms with van der Waals surface area (Å²) in [5.74, 6) is 0.865. The predicted octanol–water partition coefficient (Wildman–Crippen LogP) is 7.14. The van der Waals surface area contributed by atoms with Crippen molar-refractivity contribution < 1.29 is 22.5 Å². The van der Waals surface area contributed by atoms with Crippen LogP contribution in [0.25, 0.3) is 11.1 Å². The van der Waals surface area contributed by atoms with Crippen LogP contribution in [-0.4, -0.2) is 42.4 Å². The van der Waals surface area contributed by atoms with Gasteiger partial charge in [-0.05, 0) is 55.4 Å². The molecule has 9 nitrogen and oxygen atoms in total. The number of ether oxygens (including phenoxy) is 1. The number of aromatic nitrogens is 1. The highest BCUT2D eigenvalue weighted by Gasteiger charge is 2.49. The lowest BCUT2D eigenvalue weighted by Gasteiger charge is -2.23. The third-order valence-corrected chi connectivity index (χ3v) is 9.96. The number of sulfonamides is 1. The monoisotopic (exact) mass is 626 g/mol. The number of anilines is 1. The summed E-state index contributed by atoms with van der Waals surface area (Å²) in [4.78, 5) is 20.6. The van der Waals surface area contributed by atoms with Crippen LogP contribution in [0, 0.1) is 0 Å². The Hall–Kier alpha value is -3.21. The number of rotatable bonds is 13. The second-order valence-electron chi connectivity index (χ2n) is 11.1. The van der Waals surface area contributed by atoms with Crippen LogP contribution < -0.4 is 4.72 Å². The molecule has 230 valence electrons. The zero-order valence-electron chi connectivity index (χ0n) is 25.0. The molecular weight excluding hydrogens is 588 g/mol. The van der Waals surface area contributed by atoms with E-state index in [-0.39, 0.29) is 28.3 Å². The van der Waals surface area contributed by atoms with Gasteiger partial charge < -0.3 is 9.26 Å². The Morgan fingerprint density at radius 3 is 2.56 bits per heavy atom. The standard InChI is InChI=1S/C32H39ClN4O5S/c1-4-7-14-28-34-32(17-10-11-18-32)31(38)37(28)20-22-15-16-24(23(19-22)21-41-6-3)25-12-8-9-13-27(25)43(39,40)36-30-29(33)26(5-2)35-42-30/h8-9,12-13,15-16,19,36H,4-7,10-11,14,17-18,20-21H2,1-3H3. The number of hydrogen-bond acceptors (Lipinski definition) is 7. The molecule has 1 spiro atoms. The fraction of sp³-hybridized carbons (Fsp3) is 0.469. The van der Waals surface area contributed by atoms with E-state index < -0.39 is 15.6 Å². The van der Waals surface area contributed by atoms with Gasteiger partial charge in [-0.15, -0.1) is 0 Å². The Kier molecular flexibility index (Phi) is 9.58. The normalized spacial score (nSPS) is 16.3. The van der Waals surface area contributed by atoms with Gasteiger partial charge in [-0.1, -0.05) is 86.3 Å². The lowest BCUT2D eigenvalue weighted by Crippen LogP contribution is -2.40. The molecule has 1 amide bonds. The van der Waals surface area contributed by atoms with Gasteiger partial charge in [-0.25, -0.2) is 13.1 Å². The Labute approximate surface area is 258 Å². The van der Waals surface area contributed by atoms with Crippen molar-refractivity contribution in [3.8, 4) is 11.1 Å². The van der Waals surface area contributed by atoms with Crippen LogP contribution in [-0.2, 0) is 39.1 Å². The minimum absolute atomic E-state index is 0.0675. The number of carbonyl (C=O) groups excluding carboxylic acids is 1. The van der Waals surface area contributed by atoms with Crippen LogP contribution in [0.2, 0.25) is 5.02 Å². The zero-order chi connectivity index (χ0) is 30.6. The van der Waals surface area contributed by atoms with Gasteiger partial charge in [0.1, 0.15) is 22.1 Å². The fourth-order valence-corrected chi connectivity index (χ4v) is 7.44. The first-order valence-electron chi connectivity index (χ1n) is 15.1. The summed E-state index contributed by atoms with van der Waals surface area (Å²) in [6, 6.07) is 12.6. The second-order valence-corrected chi connectivity index (χ2v) is 13.1. The van der Waals surface area contributed by atoms with E-state index in [1.54, 1.807) is 24.3 Å². The zero-order valence-corrected chi connectivity index (χ0v) is 26.6. The smallest absolute Gasteiger partial charge is 0.264 e. The van der Waals surface area contributed by atoms with Gasteiger partial charge in [0.05, 0.1) is 18.0 Å². The minimum Gasteiger partial charge on any atom is -0.377 e. The average Bonchev–Trinajstić information content (AvgIpc) is 3.69. The van der Waals surface area contributed by atoms with Crippen LogP contribution in [0.3, 0.4) is 0 Å². The van der Waals surface area contributed by atoms with Gasteiger partial charge in [0.25, 0.3) is 21.8 Å². The first kappa shape index (κ1) is 31.2. The highest BCUT2D eigenvalue weighted by molar-refractivity contribution is 7.92. The lowest BCUT2D eigenvalue weighted by atomic mass is 9.96. The Balaban J connectivity index is 1.48. The molecule has 2 heterocycles. The number of amides is 1. The lowest BCUT2D eigenvalue weighted by molar-refractivity contribution is -0.131. The van der Waals surface area contributed by atoms with E-state index in [9.17, 15) is 13.2 Å². The van der Waals surface area contributed by atoms with Gasteiger partial charge in [0.15, 0.2) is 0 Å². The molecule has 43 heavy (non-hydrogen) atoms. The first-order chi connectivity index (χ1) is 20.7. The molecule has 1 fully saturated rings. The van der Waals surface area contributed by atoms with Crippen molar-refractivity contribution in [2.45, 2.75) is 95.7 Å². The maximum atomic E-state index is 13.7. The van der Waals surface area contributed by atoms with Crippen molar-refractivity contribution in [3.05, 3.63) is 64.3 Å². The van der Waals surface area contributed by atoms with Gasteiger partial charge >= 0.3 is 0 Å². The Morgan fingerprint density at radius 2 is 1.86 bits per heavy atom. The number of nitrogens with one attached hydrogen (secondary N) is 1. The molecule has 2 aromatic carbocycles. The first-order valence-corrected chi connectivity index (χ1v) is 17.0. The number of hydrogen-bond donors (Lipinski definition) is 1. The highest BCUT2D eigenvalue weighted by Crippen LogP contribution is 2.40. The van der Waals surface area contributed by atoms with Gasteiger partial charge in [0, 0.05) is 18.6 Å². The van der Waals surface area contributed by atoms with Crippen molar-refractivity contribution in [3.63, 3.8) is 0 Å². The summed E-state index contributed by atoms with van der Waals surface area (Å²) in [5.41, 5.74) is 2.86. The molecule has 0 atom stereocenters. The number of halogens is 1. The molecule has 1 aliphatic heterocycles. The summed E-state index contributed by atoms with van der Waals surface area (Å²) < 4.78 is 40.7.